The van der Waals surface area contributed by atoms with E-state index >= 15 is 0 Å². The summed E-state index contributed by atoms with van der Waals surface area (Å²) in [5.41, 5.74) is 0.347. The molecule has 0 saturated heterocycles. The predicted octanol–water partition coefficient (Wildman–Crippen LogP) is 1.88. The quantitative estimate of drug-likeness (QED) is 0.889. The minimum atomic E-state index is -0.319. The van der Waals surface area contributed by atoms with Crippen molar-refractivity contribution in [3.05, 3.63) is 29.0 Å². The minimum absolute atomic E-state index is 0.291. The molecule has 2 N–H and O–H groups in total. The first-order valence-corrected chi connectivity index (χ1v) is 5.78. The Kier molecular flexibility index (Phi) is 3.50. The standard InChI is InChI=1S/C9H8ClN5OS/c1-11-7-2-5(6(10)3-12-7)9(16)14-8-4-13-15-17-8/h2-4H,1H3,(H,11,12)(H,14,16). The highest BCUT2D eigenvalue weighted by Gasteiger charge is 2.12. The van der Waals surface area contributed by atoms with Crippen LogP contribution in [0.4, 0.5) is 10.8 Å². The van der Waals surface area contributed by atoms with Gasteiger partial charge in [-0.2, -0.15) is 0 Å². The maximum atomic E-state index is 11.9. The molecule has 0 aliphatic carbocycles. The zero-order valence-electron chi connectivity index (χ0n) is 8.77. The smallest absolute Gasteiger partial charge is 0.258 e. The summed E-state index contributed by atoms with van der Waals surface area (Å²) in [4.78, 5) is 15.9. The Labute approximate surface area is 106 Å². The first kappa shape index (κ1) is 11.7. The van der Waals surface area contributed by atoms with Crippen LogP contribution in [0.25, 0.3) is 0 Å². The molecule has 2 heterocycles. The summed E-state index contributed by atoms with van der Waals surface area (Å²) in [6.07, 6.45) is 2.89. The molecule has 0 spiro atoms. The third kappa shape index (κ3) is 2.69. The summed E-state index contributed by atoms with van der Waals surface area (Å²) < 4.78 is 3.64. The van der Waals surface area contributed by atoms with Gasteiger partial charge in [0.1, 0.15) is 10.8 Å². The van der Waals surface area contributed by atoms with Crippen LogP contribution in [-0.2, 0) is 0 Å². The molecule has 0 aliphatic heterocycles. The fraction of sp³-hybridized carbons (Fsp3) is 0.111. The van der Waals surface area contributed by atoms with Crippen LogP contribution in [0.3, 0.4) is 0 Å². The highest BCUT2D eigenvalue weighted by Crippen LogP contribution is 2.20. The van der Waals surface area contributed by atoms with E-state index in [2.05, 4.69) is 25.2 Å². The SMILES string of the molecule is CNc1cc(C(=O)Nc2cnns2)c(Cl)cn1. The van der Waals surface area contributed by atoms with Crippen molar-refractivity contribution in [2.45, 2.75) is 0 Å². The van der Waals surface area contributed by atoms with Crippen molar-refractivity contribution < 1.29 is 4.79 Å². The second-order valence-electron chi connectivity index (χ2n) is 3.04. The number of aromatic nitrogens is 3. The van der Waals surface area contributed by atoms with E-state index in [0.29, 0.717) is 21.4 Å². The molecule has 1 amide bonds. The number of anilines is 2. The van der Waals surface area contributed by atoms with Crippen LogP contribution < -0.4 is 10.6 Å². The molecule has 17 heavy (non-hydrogen) atoms. The van der Waals surface area contributed by atoms with Crippen molar-refractivity contribution in [2.75, 3.05) is 17.7 Å². The summed E-state index contributed by atoms with van der Waals surface area (Å²) in [6, 6.07) is 1.58. The lowest BCUT2D eigenvalue weighted by Crippen LogP contribution is -2.12. The second kappa shape index (κ2) is 5.07. The van der Waals surface area contributed by atoms with Crippen molar-refractivity contribution in [3.8, 4) is 0 Å². The lowest BCUT2D eigenvalue weighted by Gasteiger charge is -2.06. The molecule has 8 heteroatoms. The van der Waals surface area contributed by atoms with Gasteiger partial charge in [-0.15, -0.1) is 5.10 Å². The fourth-order valence-corrected chi connectivity index (χ4v) is 1.75. The van der Waals surface area contributed by atoms with Crippen molar-refractivity contribution in [1.82, 2.24) is 14.6 Å². The van der Waals surface area contributed by atoms with Crippen LogP contribution in [0.15, 0.2) is 18.5 Å². The van der Waals surface area contributed by atoms with E-state index in [1.54, 1.807) is 13.1 Å². The number of hydrogen-bond donors (Lipinski definition) is 2. The summed E-state index contributed by atoms with van der Waals surface area (Å²) >= 11 is 7.00. The molecule has 88 valence electrons. The van der Waals surface area contributed by atoms with E-state index in [0.717, 1.165) is 11.5 Å². The molecule has 2 aromatic rings. The molecule has 0 saturated carbocycles. The monoisotopic (exact) mass is 269 g/mol. The van der Waals surface area contributed by atoms with Gasteiger partial charge in [0.05, 0.1) is 16.8 Å². The van der Waals surface area contributed by atoms with Gasteiger partial charge in [-0.25, -0.2) is 4.98 Å². The van der Waals surface area contributed by atoms with Gasteiger partial charge in [0.25, 0.3) is 5.91 Å². The number of pyridine rings is 1. The first-order chi connectivity index (χ1) is 8.20. The highest BCUT2D eigenvalue weighted by molar-refractivity contribution is 7.10. The Hall–Kier alpha value is -1.73. The van der Waals surface area contributed by atoms with E-state index in [4.69, 9.17) is 11.6 Å². The molecule has 0 aliphatic rings. The summed E-state index contributed by atoms with van der Waals surface area (Å²) in [5, 5.41) is 9.96. The highest BCUT2D eigenvalue weighted by atomic mass is 35.5. The van der Waals surface area contributed by atoms with E-state index in [1.165, 1.54) is 12.4 Å². The molecular weight excluding hydrogens is 262 g/mol. The Bertz CT molecular complexity index is 530. The molecule has 0 bridgehead atoms. The van der Waals surface area contributed by atoms with Gasteiger partial charge in [0.15, 0.2) is 0 Å². The number of nitrogens with zero attached hydrogens (tertiary/aromatic N) is 3. The number of hydrogen-bond acceptors (Lipinski definition) is 6. The van der Waals surface area contributed by atoms with Gasteiger partial charge in [-0.05, 0) is 6.07 Å². The van der Waals surface area contributed by atoms with Gasteiger partial charge in [-0.3, -0.25) is 4.79 Å². The number of rotatable bonds is 3. The van der Waals surface area contributed by atoms with Crippen LogP contribution in [0.1, 0.15) is 10.4 Å². The van der Waals surface area contributed by atoms with Crippen LogP contribution in [0.2, 0.25) is 5.02 Å². The van der Waals surface area contributed by atoms with Gasteiger partial charge in [0, 0.05) is 24.8 Å². The van der Waals surface area contributed by atoms with Crippen LogP contribution in [-0.4, -0.2) is 27.5 Å². The Morgan fingerprint density at radius 3 is 2.94 bits per heavy atom. The van der Waals surface area contributed by atoms with Gasteiger partial charge in [0.2, 0.25) is 0 Å². The van der Waals surface area contributed by atoms with E-state index in [-0.39, 0.29) is 5.91 Å². The normalized spacial score (nSPS) is 10.0. The summed E-state index contributed by atoms with van der Waals surface area (Å²) in [6.45, 7) is 0. The fourth-order valence-electron chi connectivity index (χ4n) is 1.15. The first-order valence-electron chi connectivity index (χ1n) is 4.62. The zero-order valence-corrected chi connectivity index (χ0v) is 10.3. The molecule has 0 fully saturated rings. The Morgan fingerprint density at radius 1 is 1.47 bits per heavy atom. The second-order valence-corrected chi connectivity index (χ2v) is 4.23. The Balaban J connectivity index is 2.24. The van der Waals surface area contributed by atoms with Crippen molar-refractivity contribution in [1.29, 1.82) is 0 Å². The zero-order chi connectivity index (χ0) is 12.3. The van der Waals surface area contributed by atoms with Gasteiger partial charge in [-0.1, -0.05) is 16.1 Å². The topological polar surface area (TPSA) is 79.8 Å². The molecule has 2 aromatic heterocycles. The van der Waals surface area contributed by atoms with Crippen molar-refractivity contribution in [2.24, 2.45) is 0 Å². The summed E-state index contributed by atoms with van der Waals surface area (Å²) in [5.74, 6) is 0.252. The van der Waals surface area contributed by atoms with Crippen molar-refractivity contribution >= 4 is 39.9 Å². The third-order valence-electron chi connectivity index (χ3n) is 1.95. The molecule has 0 unspecified atom stereocenters. The van der Waals surface area contributed by atoms with Crippen LogP contribution in [0.5, 0.6) is 0 Å². The molecule has 0 atom stereocenters. The van der Waals surface area contributed by atoms with Crippen LogP contribution >= 0.6 is 23.1 Å². The predicted molar refractivity (Wildman–Crippen MR) is 66.7 cm³/mol. The average molecular weight is 270 g/mol. The lowest BCUT2D eigenvalue weighted by atomic mass is 10.2. The maximum Gasteiger partial charge on any atom is 0.258 e. The van der Waals surface area contributed by atoms with Gasteiger partial charge < -0.3 is 10.6 Å². The largest absolute Gasteiger partial charge is 0.373 e. The summed E-state index contributed by atoms with van der Waals surface area (Å²) in [7, 11) is 1.71. The number of carbonyl (C=O) groups is 1. The molecular formula is C9H8ClN5OS. The molecule has 6 nitrogen and oxygen atoms in total. The number of halogens is 1. The van der Waals surface area contributed by atoms with Crippen LogP contribution in [0, 0.1) is 0 Å². The lowest BCUT2D eigenvalue weighted by molar-refractivity contribution is 0.102. The molecule has 0 radical (unpaired) electrons. The third-order valence-corrected chi connectivity index (χ3v) is 2.84. The Morgan fingerprint density at radius 2 is 2.29 bits per heavy atom. The maximum absolute atomic E-state index is 11.9. The number of carbonyl (C=O) groups excluding carboxylic acids is 1. The van der Waals surface area contributed by atoms with Gasteiger partial charge >= 0.3 is 0 Å². The molecule has 2 rings (SSSR count). The molecule has 0 aromatic carbocycles. The van der Waals surface area contributed by atoms with Crippen molar-refractivity contribution in [3.63, 3.8) is 0 Å². The minimum Gasteiger partial charge on any atom is -0.373 e. The van der Waals surface area contributed by atoms with E-state index < -0.39 is 0 Å². The number of amides is 1. The van der Waals surface area contributed by atoms with E-state index in [1.807, 2.05) is 0 Å². The average Bonchev–Trinajstić information content (AvgIpc) is 2.82. The number of nitrogens with one attached hydrogen (secondary N) is 2. The van der Waals surface area contributed by atoms with E-state index in [9.17, 15) is 4.79 Å².